The van der Waals surface area contributed by atoms with Gasteiger partial charge in [-0.15, -0.1) is 0 Å². The van der Waals surface area contributed by atoms with Crippen molar-refractivity contribution in [2.45, 2.75) is 8.95 Å². The molecule has 0 saturated heterocycles. The number of imidazole rings is 1. The zero-order chi connectivity index (χ0) is 14.2. The molecule has 0 N–H and O–H groups in total. The fourth-order valence-corrected chi connectivity index (χ4v) is 3.37. The number of nitrogens with zero attached hydrogens (tertiary/aromatic N) is 2. The largest absolute Gasteiger partial charge is 0.310 e. The van der Waals surface area contributed by atoms with Crippen molar-refractivity contribution >= 4 is 69.8 Å². The first-order valence-electron chi connectivity index (χ1n) is 4.71. The second kappa shape index (κ2) is 5.88. The molecular weight excluding hydrogens is 376 g/mol. The zero-order valence-electron chi connectivity index (χ0n) is 8.88. The SMILES string of the molecule is FC(Cl)(Cl)Sc1cn(-c2c(Cl)cc(Cl)cc2Cl)cn1. The van der Waals surface area contributed by atoms with Crippen LogP contribution < -0.4 is 0 Å². The summed E-state index contributed by atoms with van der Waals surface area (Å²) in [6, 6.07) is 3.08. The Kier molecular flexibility index (Phi) is 4.81. The van der Waals surface area contributed by atoms with Gasteiger partial charge in [-0.2, -0.15) is 4.39 Å². The summed E-state index contributed by atoms with van der Waals surface area (Å²) >= 11 is 29.0. The lowest BCUT2D eigenvalue weighted by Gasteiger charge is -2.08. The summed E-state index contributed by atoms with van der Waals surface area (Å²) in [6.45, 7) is 0. The summed E-state index contributed by atoms with van der Waals surface area (Å²) < 4.78 is 12.2. The summed E-state index contributed by atoms with van der Waals surface area (Å²) in [6.07, 6.45) is 2.92. The Hall–Kier alpha value is 0.160. The third kappa shape index (κ3) is 4.06. The van der Waals surface area contributed by atoms with E-state index in [9.17, 15) is 4.39 Å². The van der Waals surface area contributed by atoms with E-state index in [2.05, 4.69) is 4.98 Å². The minimum Gasteiger partial charge on any atom is -0.302 e. The second-order valence-electron chi connectivity index (χ2n) is 3.39. The van der Waals surface area contributed by atoms with Gasteiger partial charge >= 0.3 is 3.92 Å². The van der Waals surface area contributed by atoms with Gasteiger partial charge in [0.25, 0.3) is 0 Å². The number of halogens is 6. The van der Waals surface area contributed by atoms with Crippen LogP contribution in [0.15, 0.2) is 29.7 Å². The van der Waals surface area contributed by atoms with Crippen LogP contribution in [0.1, 0.15) is 0 Å². The monoisotopic (exact) mass is 378 g/mol. The van der Waals surface area contributed by atoms with Gasteiger partial charge in [0.05, 0.1) is 15.7 Å². The van der Waals surface area contributed by atoms with Crippen molar-refractivity contribution in [3.8, 4) is 5.69 Å². The van der Waals surface area contributed by atoms with Gasteiger partial charge in [0, 0.05) is 11.2 Å². The van der Waals surface area contributed by atoms with Crippen molar-refractivity contribution in [2.24, 2.45) is 0 Å². The first-order chi connectivity index (χ1) is 8.76. The predicted molar refractivity (Wildman–Crippen MR) is 80.0 cm³/mol. The fourth-order valence-electron chi connectivity index (χ4n) is 1.38. The maximum Gasteiger partial charge on any atom is 0.310 e. The van der Waals surface area contributed by atoms with Crippen molar-refractivity contribution < 1.29 is 4.39 Å². The summed E-state index contributed by atoms with van der Waals surface area (Å²) in [7, 11) is 0. The number of rotatable bonds is 3. The number of benzene rings is 1. The van der Waals surface area contributed by atoms with E-state index in [0.29, 0.717) is 32.5 Å². The van der Waals surface area contributed by atoms with Crippen LogP contribution in [-0.4, -0.2) is 13.5 Å². The minimum atomic E-state index is -2.45. The van der Waals surface area contributed by atoms with E-state index in [1.807, 2.05) is 0 Å². The van der Waals surface area contributed by atoms with Crippen LogP contribution in [0.5, 0.6) is 0 Å². The number of aromatic nitrogens is 2. The van der Waals surface area contributed by atoms with Gasteiger partial charge in [-0.1, -0.05) is 58.0 Å². The second-order valence-corrected chi connectivity index (χ2v) is 7.50. The van der Waals surface area contributed by atoms with Gasteiger partial charge in [0.2, 0.25) is 0 Å². The Balaban J connectivity index is 2.39. The summed E-state index contributed by atoms with van der Waals surface area (Å²) in [5.41, 5.74) is 0.487. The van der Waals surface area contributed by atoms with Gasteiger partial charge in [0.1, 0.15) is 11.4 Å². The van der Waals surface area contributed by atoms with Crippen molar-refractivity contribution in [2.75, 3.05) is 0 Å². The summed E-state index contributed by atoms with van der Waals surface area (Å²) in [5.74, 6) is 0. The van der Waals surface area contributed by atoms with Crippen LogP contribution in [0.4, 0.5) is 4.39 Å². The third-order valence-electron chi connectivity index (χ3n) is 2.02. The molecule has 19 heavy (non-hydrogen) atoms. The molecule has 0 spiro atoms. The first-order valence-corrected chi connectivity index (χ1v) is 7.41. The lowest BCUT2D eigenvalue weighted by molar-refractivity contribution is 0.515. The average molecular weight is 380 g/mol. The van der Waals surface area contributed by atoms with Gasteiger partial charge < -0.3 is 4.57 Å². The van der Waals surface area contributed by atoms with Crippen molar-refractivity contribution in [3.63, 3.8) is 0 Å². The smallest absolute Gasteiger partial charge is 0.302 e. The number of hydrogen-bond acceptors (Lipinski definition) is 2. The molecule has 0 fully saturated rings. The highest BCUT2D eigenvalue weighted by atomic mass is 35.5. The molecule has 102 valence electrons. The molecule has 1 aromatic carbocycles. The van der Waals surface area contributed by atoms with Gasteiger partial charge in [-0.05, 0) is 23.9 Å². The predicted octanol–water partition coefficient (Wildman–Crippen LogP) is 5.98. The number of hydrogen-bond donors (Lipinski definition) is 0. The first kappa shape index (κ1) is 15.5. The minimum absolute atomic E-state index is 0.287. The molecule has 0 aliphatic carbocycles. The fraction of sp³-hybridized carbons (Fsp3) is 0.100. The highest BCUT2D eigenvalue weighted by molar-refractivity contribution is 8.03. The molecule has 0 atom stereocenters. The van der Waals surface area contributed by atoms with E-state index < -0.39 is 3.92 Å². The van der Waals surface area contributed by atoms with E-state index in [0.717, 1.165) is 0 Å². The van der Waals surface area contributed by atoms with Crippen molar-refractivity contribution in [1.29, 1.82) is 0 Å². The molecule has 0 amide bonds. The molecule has 1 heterocycles. The normalized spacial score (nSPS) is 11.9. The molecule has 2 aromatic rings. The molecule has 9 heteroatoms. The maximum atomic E-state index is 13.1. The molecule has 0 saturated carbocycles. The molecule has 2 rings (SSSR count). The highest BCUT2D eigenvalue weighted by Gasteiger charge is 2.25. The van der Waals surface area contributed by atoms with E-state index in [1.54, 1.807) is 12.1 Å². The van der Waals surface area contributed by atoms with Crippen LogP contribution in [0.2, 0.25) is 15.1 Å². The Morgan fingerprint density at radius 2 is 1.74 bits per heavy atom. The molecule has 2 nitrogen and oxygen atoms in total. The molecular formula is C10H4Cl5FN2S. The molecule has 0 unspecified atom stereocenters. The van der Waals surface area contributed by atoms with Crippen LogP contribution in [0.25, 0.3) is 5.69 Å². The van der Waals surface area contributed by atoms with Crippen LogP contribution >= 0.6 is 69.8 Å². The van der Waals surface area contributed by atoms with Gasteiger partial charge in [0.15, 0.2) is 0 Å². The Morgan fingerprint density at radius 1 is 1.16 bits per heavy atom. The van der Waals surface area contributed by atoms with Crippen molar-refractivity contribution in [3.05, 3.63) is 39.7 Å². The molecule has 0 aliphatic rings. The average Bonchev–Trinajstić information content (AvgIpc) is 2.61. The lowest BCUT2D eigenvalue weighted by Crippen LogP contribution is -1.95. The third-order valence-corrected chi connectivity index (χ3v) is 3.93. The summed E-state index contributed by atoms with van der Waals surface area (Å²) in [4.78, 5) is 3.95. The lowest BCUT2D eigenvalue weighted by atomic mass is 10.3. The quantitative estimate of drug-likeness (QED) is 0.481. The maximum absolute atomic E-state index is 13.1. The highest BCUT2D eigenvalue weighted by Crippen LogP contribution is 2.41. The van der Waals surface area contributed by atoms with Gasteiger partial charge in [-0.3, -0.25) is 0 Å². The Labute approximate surface area is 137 Å². The molecule has 0 bridgehead atoms. The molecule has 0 aliphatic heterocycles. The standard InChI is InChI=1S/C10H4Cl5FN2S/c11-5-1-6(12)9(7(13)2-5)18-3-8(17-4-18)19-10(14,15)16/h1-4H. The van der Waals surface area contributed by atoms with Crippen LogP contribution in [0.3, 0.4) is 0 Å². The molecule has 0 radical (unpaired) electrons. The Morgan fingerprint density at radius 3 is 2.26 bits per heavy atom. The van der Waals surface area contributed by atoms with E-state index in [1.165, 1.54) is 17.1 Å². The molecule has 1 aromatic heterocycles. The van der Waals surface area contributed by atoms with E-state index in [4.69, 9.17) is 58.0 Å². The Bertz CT molecular complexity index is 587. The van der Waals surface area contributed by atoms with Gasteiger partial charge in [-0.25, -0.2) is 4.98 Å². The van der Waals surface area contributed by atoms with E-state index in [-0.39, 0.29) is 5.03 Å². The van der Waals surface area contributed by atoms with Crippen molar-refractivity contribution in [1.82, 2.24) is 9.55 Å². The van der Waals surface area contributed by atoms with E-state index >= 15 is 0 Å². The zero-order valence-corrected chi connectivity index (χ0v) is 13.5. The van der Waals surface area contributed by atoms with Crippen LogP contribution in [0, 0.1) is 0 Å². The number of alkyl halides is 3. The summed E-state index contributed by atoms with van der Waals surface area (Å²) in [5, 5.41) is 1.39. The number of thioether (sulfide) groups is 1. The van der Waals surface area contributed by atoms with Crippen LogP contribution in [-0.2, 0) is 0 Å². The topological polar surface area (TPSA) is 17.8 Å².